The third-order valence-electron chi connectivity index (χ3n) is 11.7. The second kappa shape index (κ2) is 50.8. The van der Waals surface area contributed by atoms with Crippen LogP contribution in [0.25, 0.3) is 0 Å². The normalized spacial score (nSPS) is 13.8. The lowest BCUT2D eigenvalue weighted by atomic mass is 10.1. The number of unbranched alkanes of at least 4 members (excludes halogenated alkanes) is 26. The molecule has 3 unspecified atom stereocenters. The number of aliphatic hydroxyl groups excluding tert-OH is 1. The maximum Gasteiger partial charge on any atom is 0.472 e. The second-order valence-electron chi connectivity index (χ2n) is 18.4. The first-order valence-electron chi connectivity index (χ1n) is 27.5. The largest absolute Gasteiger partial charge is 0.472 e. The molecule has 2 N–H and O–H groups in total. The third kappa shape index (κ3) is 48.5. The SMILES string of the molecule is CCC/C=C\C/C=C\CCCCCCCC(=O)OCC(COP(=O)(O)OCC(CO)OC(=O)CCCCCCCCCCC)OC(=O)CCCCCCCCCCC/C=C\C/C=C\CCCCC. The van der Waals surface area contributed by atoms with Gasteiger partial charge in [0.1, 0.15) is 12.7 Å². The highest BCUT2D eigenvalue weighted by Gasteiger charge is 2.28. The van der Waals surface area contributed by atoms with Crippen LogP contribution < -0.4 is 0 Å². The van der Waals surface area contributed by atoms with E-state index in [1.54, 1.807) is 0 Å². The molecule has 0 rings (SSSR count). The number of phosphoric acid groups is 1. The quantitative estimate of drug-likeness (QED) is 0.0197. The first kappa shape index (κ1) is 65.4. The molecule has 0 aliphatic rings. The number of carbonyl (C=O) groups excluding carboxylic acids is 3. The highest BCUT2D eigenvalue weighted by molar-refractivity contribution is 7.47. The number of phosphoric ester groups is 1. The fourth-order valence-electron chi connectivity index (χ4n) is 7.48. The van der Waals surface area contributed by atoms with Gasteiger partial charge in [-0.3, -0.25) is 23.4 Å². The lowest BCUT2D eigenvalue weighted by Gasteiger charge is -2.21. The Bertz CT molecular complexity index is 1330. The van der Waals surface area contributed by atoms with E-state index in [1.807, 2.05) is 0 Å². The minimum atomic E-state index is -4.74. The van der Waals surface area contributed by atoms with E-state index in [0.717, 1.165) is 96.3 Å². The fraction of sp³-hybridized carbons (Fsp3) is 0.804. The van der Waals surface area contributed by atoms with Crippen LogP contribution >= 0.6 is 7.82 Å². The zero-order valence-electron chi connectivity index (χ0n) is 43.6. The number of aliphatic hydroxyl groups is 1. The molecule has 68 heavy (non-hydrogen) atoms. The molecule has 0 spiro atoms. The fourth-order valence-corrected chi connectivity index (χ4v) is 8.27. The van der Waals surface area contributed by atoms with Gasteiger partial charge in [-0.05, 0) is 77.0 Å². The molecule has 3 atom stereocenters. The maximum atomic E-state index is 12.9. The van der Waals surface area contributed by atoms with Crippen LogP contribution in [0.1, 0.15) is 252 Å². The van der Waals surface area contributed by atoms with E-state index >= 15 is 0 Å². The monoisotopic (exact) mass is 981 g/mol. The minimum absolute atomic E-state index is 0.161. The highest BCUT2D eigenvalue weighted by Crippen LogP contribution is 2.43. The van der Waals surface area contributed by atoms with Crippen molar-refractivity contribution in [1.82, 2.24) is 0 Å². The molecular formula is C56H101O11P. The standard InChI is InChI=1S/C56H101O11P/c1-4-7-10-13-16-19-21-23-24-25-26-27-28-30-32-35-38-41-44-47-56(60)67-53(49-63-54(58)45-42-39-36-34-31-29-22-20-17-14-11-8-5-2)51-65-68(61,62)64-50-52(48-57)66-55(59)46-43-40-37-33-18-15-12-9-6-3/h11,14,16,19-20,22-24,52-53,57H,4-10,12-13,15,17-18,21,25-51H2,1-3H3,(H,61,62)/b14-11-,19-16-,22-20-,24-23-. The molecule has 0 fully saturated rings. The van der Waals surface area contributed by atoms with E-state index < -0.39 is 57.8 Å². The number of carbonyl (C=O) groups is 3. The number of esters is 3. The summed E-state index contributed by atoms with van der Waals surface area (Å²) < 4.78 is 39.4. The summed E-state index contributed by atoms with van der Waals surface area (Å²) in [4.78, 5) is 48.3. The lowest BCUT2D eigenvalue weighted by Crippen LogP contribution is -2.30. The topological polar surface area (TPSA) is 155 Å². The van der Waals surface area contributed by atoms with Gasteiger partial charge in [0.25, 0.3) is 0 Å². The summed E-state index contributed by atoms with van der Waals surface area (Å²) >= 11 is 0. The molecule has 0 aliphatic heterocycles. The average Bonchev–Trinajstić information content (AvgIpc) is 3.32. The summed E-state index contributed by atoms with van der Waals surface area (Å²) in [6, 6.07) is 0. The molecule has 0 bridgehead atoms. The van der Waals surface area contributed by atoms with Gasteiger partial charge in [-0.2, -0.15) is 0 Å². The Labute approximate surface area is 415 Å². The summed E-state index contributed by atoms with van der Waals surface area (Å²) in [6.07, 6.45) is 52.2. The van der Waals surface area contributed by atoms with Crippen LogP contribution in [-0.2, 0) is 42.2 Å². The van der Waals surface area contributed by atoms with Crippen LogP contribution in [0.15, 0.2) is 48.6 Å². The van der Waals surface area contributed by atoms with Gasteiger partial charge in [0, 0.05) is 19.3 Å². The molecule has 0 amide bonds. The molecule has 0 saturated carbocycles. The van der Waals surface area contributed by atoms with Gasteiger partial charge in [-0.25, -0.2) is 4.57 Å². The molecule has 0 heterocycles. The van der Waals surface area contributed by atoms with Crippen LogP contribution in [0.4, 0.5) is 0 Å². The Hall–Kier alpha value is -2.56. The van der Waals surface area contributed by atoms with Crippen LogP contribution in [0, 0.1) is 0 Å². The maximum absolute atomic E-state index is 12.9. The predicted octanol–water partition coefficient (Wildman–Crippen LogP) is 15.8. The Balaban J connectivity index is 4.72. The number of allylic oxidation sites excluding steroid dienone is 8. The van der Waals surface area contributed by atoms with Crippen molar-refractivity contribution >= 4 is 25.7 Å². The van der Waals surface area contributed by atoms with Gasteiger partial charge in [0.15, 0.2) is 6.10 Å². The van der Waals surface area contributed by atoms with Crippen molar-refractivity contribution in [2.24, 2.45) is 0 Å². The summed E-state index contributed by atoms with van der Waals surface area (Å²) in [6.45, 7) is 4.52. The Morgan fingerprint density at radius 2 is 0.750 bits per heavy atom. The van der Waals surface area contributed by atoms with Crippen molar-refractivity contribution < 1.29 is 52.2 Å². The Kier molecular flexibility index (Phi) is 48.9. The summed E-state index contributed by atoms with van der Waals surface area (Å²) in [5.74, 6) is -1.48. The van der Waals surface area contributed by atoms with Gasteiger partial charge in [0.05, 0.1) is 19.8 Å². The van der Waals surface area contributed by atoms with Crippen LogP contribution in [0.5, 0.6) is 0 Å². The van der Waals surface area contributed by atoms with Crippen LogP contribution in [0.3, 0.4) is 0 Å². The first-order valence-corrected chi connectivity index (χ1v) is 29.0. The Morgan fingerprint density at radius 3 is 1.18 bits per heavy atom. The zero-order valence-corrected chi connectivity index (χ0v) is 44.5. The molecule has 12 heteroatoms. The van der Waals surface area contributed by atoms with Gasteiger partial charge in [0.2, 0.25) is 0 Å². The summed E-state index contributed by atoms with van der Waals surface area (Å²) in [5, 5.41) is 9.75. The van der Waals surface area contributed by atoms with Crippen LogP contribution in [-0.4, -0.2) is 66.5 Å². The van der Waals surface area contributed by atoms with E-state index in [2.05, 4.69) is 69.4 Å². The van der Waals surface area contributed by atoms with Crippen molar-refractivity contribution in [3.05, 3.63) is 48.6 Å². The summed E-state index contributed by atoms with van der Waals surface area (Å²) in [5.41, 5.74) is 0. The lowest BCUT2D eigenvalue weighted by molar-refractivity contribution is -0.161. The smallest absolute Gasteiger partial charge is 0.462 e. The molecule has 396 valence electrons. The number of hydrogen-bond acceptors (Lipinski definition) is 10. The van der Waals surface area contributed by atoms with E-state index in [-0.39, 0.29) is 25.9 Å². The molecule has 0 radical (unpaired) electrons. The number of rotatable bonds is 51. The zero-order chi connectivity index (χ0) is 49.9. The van der Waals surface area contributed by atoms with E-state index in [9.17, 15) is 28.9 Å². The molecule has 0 aromatic rings. The van der Waals surface area contributed by atoms with Crippen molar-refractivity contribution in [2.45, 2.75) is 264 Å². The van der Waals surface area contributed by atoms with Gasteiger partial charge >= 0.3 is 25.7 Å². The van der Waals surface area contributed by atoms with Crippen molar-refractivity contribution in [3.63, 3.8) is 0 Å². The van der Waals surface area contributed by atoms with E-state index in [1.165, 1.54) is 96.3 Å². The molecule has 0 saturated heterocycles. The minimum Gasteiger partial charge on any atom is -0.462 e. The first-order chi connectivity index (χ1) is 33.2. The molecule has 0 aliphatic carbocycles. The number of ether oxygens (including phenoxy) is 3. The molecule has 0 aromatic heterocycles. The van der Waals surface area contributed by atoms with Crippen LogP contribution in [0.2, 0.25) is 0 Å². The highest BCUT2D eigenvalue weighted by atomic mass is 31.2. The average molecular weight is 981 g/mol. The van der Waals surface area contributed by atoms with Crippen molar-refractivity contribution in [2.75, 3.05) is 26.4 Å². The molecule has 11 nitrogen and oxygen atoms in total. The van der Waals surface area contributed by atoms with Crippen molar-refractivity contribution in [3.8, 4) is 0 Å². The molecule has 0 aromatic carbocycles. The molecular weight excluding hydrogens is 880 g/mol. The van der Waals surface area contributed by atoms with E-state index in [0.29, 0.717) is 19.3 Å². The van der Waals surface area contributed by atoms with E-state index in [4.69, 9.17) is 23.3 Å². The van der Waals surface area contributed by atoms with Gasteiger partial charge in [-0.1, -0.05) is 204 Å². The second-order valence-corrected chi connectivity index (χ2v) is 19.8. The number of hydrogen-bond donors (Lipinski definition) is 2. The van der Waals surface area contributed by atoms with Gasteiger partial charge in [-0.15, -0.1) is 0 Å². The summed E-state index contributed by atoms with van der Waals surface area (Å²) in [7, 11) is -4.74. The van der Waals surface area contributed by atoms with Gasteiger partial charge < -0.3 is 24.2 Å². The Morgan fingerprint density at radius 1 is 0.412 bits per heavy atom. The predicted molar refractivity (Wildman–Crippen MR) is 279 cm³/mol. The third-order valence-corrected chi connectivity index (χ3v) is 12.7. The van der Waals surface area contributed by atoms with Crippen molar-refractivity contribution in [1.29, 1.82) is 0 Å².